The second-order valence-electron chi connectivity index (χ2n) is 8.10. The highest BCUT2D eigenvalue weighted by atomic mass is 19.3. The van der Waals surface area contributed by atoms with Gasteiger partial charge in [0.05, 0.1) is 36.0 Å². The lowest BCUT2D eigenvalue weighted by Gasteiger charge is -2.25. The maximum atomic E-state index is 14.3. The van der Waals surface area contributed by atoms with Crippen molar-refractivity contribution in [3.05, 3.63) is 30.2 Å². The summed E-state index contributed by atoms with van der Waals surface area (Å²) in [6.07, 6.45) is -0.746. The molecule has 5 heterocycles. The van der Waals surface area contributed by atoms with Crippen LogP contribution in [0, 0.1) is 0 Å². The number of H-pyrrole nitrogens is 1. The summed E-state index contributed by atoms with van der Waals surface area (Å²) >= 11 is 0. The Labute approximate surface area is 206 Å². The summed E-state index contributed by atoms with van der Waals surface area (Å²) in [6, 6.07) is 2.70. The van der Waals surface area contributed by atoms with Crippen LogP contribution in [0.1, 0.15) is 19.0 Å². The molecule has 5 rings (SSSR count). The van der Waals surface area contributed by atoms with Crippen molar-refractivity contribution in [2.45, 2.75) is 32.5 Å². The number of alkyl carbamates (subject to hydrolysis) is 1. The largest absolute Gasteiger partial charge is 0.475 e. The van der Waals surface area contributed by atoms with Crippen LogP contribution in [0.2, 0.25) is 0 Å². The zero-order valence-electron chi connectivity index (χ0n) is 19.5. The third-order valence-electron chi connectivity index (χ3n) is 5.64. The normalized spacial score (nSPS) is 15.2. The van der Waals surface area contributed by atoms with Crippen LogP contribution in [-0.4, -0.2) is 61.5 Å². The molecular weight excluding hydrogens is 502 g/mol. The van der Waals surface area contributed by atoms with Crippen LogP contribution in [-0.2, 0) is 18.3 Å². The minimum absolute atomic E-state index is 0.0187. The van der Waals surface area contributed by atoms with Gasteiger partial charge in [-0.25, -0.2) is 23.2 Å². The summed E-state index contributed by atoms with van der Waals surface area (Å²) in [5.74, 6) is -0.368. The molecule has 0 saturated heterocycles. The monoisotopic (exact) mass is 523 g/mol. The molecule has 2 N–H and O–H groups in total. The number of carbonyl (C=O) groups is 1. The van der Waals surface area contributed by atoms with Gasteiger partial charge in [-0.05, 0) is 19.1 Å². The van der Waals surface area contributed by atoms with Gasteiger partial charge in [0.25, 0.3) is 6.43 Å². The van der Waals surface area contributed by atoms with E-state index >= 15 is 0 Å². The van der Waals surface area contributed by atoms with Crippen LogP contribution in [0.3, 0.4) is 0 Å². The van der Waals surface area contributed by atoms with E-state index in [0.717, 1.165) is 0 Å². The van der Waals surface area contributed by atoms with E-state index in [9.17, 15) is 22.4 Å². The Bertz CT molecular complexity index is 1450. The Morgan fingerprint density at radius 2 is 2.11 bits per heavy atom. The molecule has 0 unspecified atom stereocenters. The number of pyridine rings is 1. The molecule has 1 aliphatic rings. The first-order valence-corrected chi connectivity index (χ1v) is 11.2. The van der Waals surface area contributed by atoms with Gasteiger partial charge in [0.2, 0.25) is 11.8 Å². The van der Waals surface area contributed by atoms with Gasteiger partial charge >= 0.3 is 12.7 Å². The average molecular weight is 523 g/mol. The summed E-state index contributed by atoms with van der Waals surface area (Å²) in [6.45, 7) is -1.35. The van der Waals surface area contributed by atoms with Crippen LogP contribution >= 0.6 is 0 Å². The van der Waals surface area contributed by atoms with E-state index in [2.05, 4.69) is 30.2 Å². The highest BCUT2D eigenvalue weighted by Gasteiger charge is 2.35. The van der Waals surface area contributed by atoms with Crippen molar-refractivity contribution in [1.82, 2.24) is 34.8 Å². The van der Waals surface area contributed by atoms with Gasteiger partial charge in [-0.2, -0.15) is 13.9 Å². The average Bonchev–Trinajstić information content (AvgIpc) is 3.50. The van der Waals surface area contributed by atoms with Gasteiger partial charge in [-0.3, -0.25) is 4.68 Å². The Hall–Kier alpha value is -4.30. The molecule has 0 bridgehead atoms. The second-order valence-corrected chi connectivity index (χ2v) is 8.10. The molecule has 0 saturated carbocycles. The van der Waals surface area contributed by atoms with E-state index < -0.39 is 30.9 Å². The lowest BCUT2D eigenvalue weighted by Crippen LogP contribution is -2.45. The van der Waals surface area contributed by atoms with E-state index in [1.807, 2.05) is 0 Å². The standard InChI is InChI=1S/C22H21F4N7O4/c1-3-35-22(34)28-10-7-33-20(36-9-10)14(16(30-33)17(23)24)15-13(11-5-4-6-27-18(11)29-15)12-8-32(2)31-19(12)37-21(25)26/h4-6,8,10,17,21H,3,7,9H2,1-2H3,(H,27,29)(H,28,34)/t10-/m0/s1. The third-order valence-corrected chi connectivity index (χ3v) is 5.64. The van der Waals surface area contributed by atoms with Crippen molar-refractivity contribution >= 4 is 17.1 Å². The third kappa shape index (κ3) is 4.51. The summed E-state index contributed by atoms with van der Waals surface area (Å²) in [7, 11) is 1.51. The number of alkyl halides is 4. The van der Waals surface area contributed by atoms with Gasteiger partial charge in [0, 0.05) is 30.4 Å². The number of fused-ring (bicyclic) bond motifs is 2. The van der Waals surface area contributed by atoms with Gasteiger partial charge < -0.3 is 24.5 Å². The van der Waals surface area contributed by atoms with E-state index in [1.165, 1.54) is 28.8 Å². The molecule has 15 heteroatoms. The minimum Gasteiger partial charge on any atom is -0.475 e. The quantitative estimate of drug-likeness (QED) is 0.353. The Morgan fingerprint density at radius 1 is 1.30 bits per heavy atom. The van der Waals surface area contributed by atoms with Crippen LogP contribution in [0.25, 0.3) is 33.4 Å². The smallest absolute Gasteiger partial charge is 0.407 e. The number of aromatic nitrogens is 6. The van der Waals surface area contributed by atoms with E-state index in [0.29, 0.717) is 11.0 Å². The molecule has 1 amide bonds. The van der Waals surface area contributed by atoms with Gasteiger partial charge in [0.15, 0.2) is 0 Å². The number of aromatic amines is 1. The van der Waals surface area contributed by atoms with Crippen molar-refractivity contribution in [1.29, 1.82) is 0 Å². The molecule has 0 fully saturated rings. The Balaban J connectivity index is 1.67. The number of hydrogen-bond donors (Lipinski definition) is 2. The molecule has 0 aromatic carbocycles. The Morgan fingerprint density at radius 3 is 2.84 bits per heavy atom. The molecule has 196 valence electrons. The van der Waals surface area contributed by atoms with Crippen molar-refractivity contribution in [3.8, 4) is 34.1 Å². The Kier molecular flexibility index (Phi) is 6.35. The maximum Gasteiger partial charge on any atom is 0.407 e. The molecule has 1 atom stereocenters. The number of hydrogen-bond acceptors (Lipinski definition) is 7. The lowest BCUT2D eigenvalue weighted by atomic mass is 10.0. The molecule has 4 aromatic heterocycles. The summed E-state index contributed by atoms with van der Waals surface area (Å²) in [4.78, 5) is 19.1. The van der Waals surface area contributed by atoms with Crippen molar-refractivity contribution in [2.24, 2.45) is 7.05 Å². The van der Waals surface area contributed by atoms with Crippen LogP contribution in [0.5, 0.6) is 11.8 Å². The van der Waals surface area contributed by atoms with E-state index in [-0.39, 0.29) is 53.9 Å². The van der Waals surface area contributed by atoms with E-state index in [4.69, 9.17) is 9.47 Å². The number of ether oxygens (including phenoxy) is 3. The first kappa shape index (κ1) is 24.4. The molecule has 0 aliphatic carbocycles. The van der Waals surface area contributed by atoms with Crippen LogP contribution < -0.4 is 14.8 Å². The number of amides is 1. The van der Waals surface area contributed by atoms with Crippen LogP contribution in [0.4, 0.5) is 22.4 Å². The van der Waals surface area contributed by atoms with Crippen molar-refractivity contribution in [2.75, 3.05) is 13.2 Å². The molecular formula is C22H21F4N7O4. The number of carbonyl (C=O) groups excluding carboxylic acids is 1. The summed E-state index contributed by atoms with van der Waals surface area (Å²) in [5.41, 5.74) is 0.172. The lowest BCUT2D eigenvalue weighted by molar-refractivity contribution is -0.0527. The molecule has 11 nitrogen and oxygen atoms in total. The predicted octanol–water partition coefficient (Wildman–Crippen LogP) is 3.87. The van der Waals surface area contributed by atoms with Gasteiger partial charge in [-0.1, -0.05) is 0 Å². The maximum absolute atomic E-state index is 14.3. The predicted molar refractivity (Wildman–Crippen MR) is 121 cm³/mol. The number of rotatable bonds is 7. The van der Waals surface area contributed by atoms with Gasteiger partial charge in [-0.15, -0.1) is 5.10 Å². The fourth-order valence-electron chi connectivity index (χ4n) is 4.29. The summed E-state index contributed by atoms with van der Waals surface area (Å²) in [5, 5.41) is 11.1. The minimum atomic E-state index is -3.16. The highest BCUT2D eigenvalue weighted by molar-refractivity contribution is 6.04. The highest BCUT2D eigenvalue weighted by Crippen LogP contribution is 2.47. The van der Waals surface area contributed by atoms with Crippen molar-refractivity contribution < 1.29 is 36.6 Å². The fourth-order valence-corrected chi connectivity index (χ4v) is 4.29. The van der Waals surface area contributed by atoms with Crippen LogP contribution in [0.15, 0.2) is 24.5 Å². The number of aryl methyl sites for hydroxylation is 1. The molecule has 4 aromatic rings. The zero-order valence-corrected chi connectivity index (χ0v) is 19.5. The topological polar surface area (TPSA) is 121 Å². The SMILES string of the molecule is CCOC(=O)N[C@@H]1COc2c(-c3[nH]c4ncccc4c3-c3cn(C)nc3OC(F)F)c(C(F)F)nn2C1. The van der Waals surface area contributed by atoms with E-state index in [1.54, 1.807) is 19.1 Å². The summed E-state index contributed by atoms with van der Waals surface area (Å²) < 4.78 is 72.6. The van der Waals surface area contributed by atoms with Gasteiger partial charge in [0.1, 0.15) is 17.9 Å². The number of nitrogens with one attached hydrogen (secondary N) is 2. The first-order chi connectivity index (χ1) is 17.8. The number of halogens is 4. The molecule has 1 aliphatic heterocycles. The second kappa shape index (κ2) is 9.63. The molecule has 0 radical (unpaired) electrons. The molecule has 0 spiro atoms. The molecule has 37 heavy (non-hydrogen) atoms. The van der Waals surface area contributed by atoms with Crippen molar-refractivity contribution in [3.63, 3.8) is 0 Å². The zero-order chi connectivity index (χ0) is 26.3. The number of nitrogens with zero attached hydrogens (tertiary/aromatic N) is 5. The first-order valence-electron chi connectivity index (χ1n) is 11.2. The fraction of sp³-hybridized carbons (Fsp3) is 0.364.